The standard InChI is InChI=1S/C34H35ClFN3O4S/c1-24(2)37-34(41)32(20-26-10-6-4-7-11-26)38(22-27-16-14-25(3)15-17-27)33(40)23-39(28-18-19-31(36)30(35)21-28)44(42,43)29-12-8-5-9-13-29/h4-19,21,24,32H,20,22-23H2,1-3H3,(H,37,41)/t32-/m0/s1. The van der Waals surface area contributed by atoms with Crippen molar-refractivity contribution in [3.8, 4) is 0 Å². The molecule has 0 spiro atoms. The van der Waals surface area contributed by atoms with E-state index in [1.165, 1.54) is 29.2 Å². The number of carbonyl (C=O) groups is 2. The Labute approximate surface area is 263 Å². The Bertz CT molecular complexity index is 1690. The molecule has 0 aromatic heterocycles. The molecule has 0 aliphatic carbocycles. The number of amides is 2. The van der Waals surface area contributed by atoms with Crippen molar-refractivity contribution in [1.82, 2.24) is 10.2 Å². The zero-order valence-electron chi connectivity index (χ0n) is 24.8. The topological polar surface area (TPSA) is 86.8 Å². The minimum atomic E-state index is -4.31. The summed E-state index contributed by atoms with van der Waals surface area (Å²) in [5, 5.41) is 2.63. The Morgan fingerprint density at radius 3 is 2.07 bits per heavy atom. The SMILES string of the molecule is Cc1ccc(CN(C(=O)CN(c2ccc(F)c(Cl)c2)S(=O)(=O)c2ccccc2)[C@@H](Cc2ccccc2)C(=O)NC(C)C)cc1. The number of anilines is 1. The summed E-state index contributed by atoms with van der Waals surface area (Å²) in [6, 6.07) is 26.8. The molecule has 44 heavy (non-hydrogen) atoms. The van der Waals surface area contributed by atoms with Gasteiger partial charge in [0.15, 0.2) is 0 Å². The zero-order valence-corrected chi connectivity index (χ0v) is 26.4. The van der Waals surface area contributed by atoms with Crippen LogP contribution in [0.1, 0.15) is 30.5 Å². The third kappa shape index (κ3) is 8.24. The summed E-state index contributed by atoms with van der Waals surface area (Å²) < 4.78 is 43.0. The molecule has 4 rings (SSSR count). The molecule has 0 saturated heterocycles. The Morgan fingerprint density at radius 1 is 0.864 bits per heavy atom. The molecule has 4 aromatic carbocycles. The van der Waals surface area contributed by atoms with Crippen LogP contribution in [0.15, 0.2) is 108 Å². The summed E-state index contributed by atoms with van der Waals surface area (Å²) in [5.41, 5.74) is 2.63. The number of aryl methyl sites for hydroxylation is 1. The van der Waals surface area contributed by atoms with Crippen LogP contribution in [0.4, 0.5) is 10.1 Å². The van der Waals surface area contributed by atoms with Crippen LogP contribution in [-0.2, 0) is 32.6 Å². The fourth-order valence-electron chi connectivity index (χ4n) is 4.71. The molecule has 230 valence electrons. The lowest BCUT2D eigenvalue weighted by Gasteiger charge is -2.34. The molecule has 2 amide bonds. The Hall–Kier alpha value is -4.21. The van der Waals surface area contributed by atoms with Crippen molar-refractivity contribution in [2.45, 2.75) is 50.7 Å². The average molecular weight is 636 g/mol. The summed E-state index contributed by atoms with van der Waals surface area (Å²) in [6.07, 6.45) is 0.199. The molecule has 4 aromatic rings. The molecule has 0 aliphatic heterocycles. The molecule has 0 bridgehead atoms. The second-order valence-corrected chi connectivity index (χ2v) is 13.1. The van der Waals surface area contributed by atoms with Gasteiger partial charge in [0.25, 0.3) is 10.0 Å². The number of rotatable bonds is 12. The highest BCUT2D eigenvalue weighted by Gasteiger charge is 2.35. The monoisotopic (exact) mass is 635 g/mol. The number of hydrogen-bond acceptors (Lipinski definition) is 4. The van der Waals surface area contributed by atoms with Crippen molar-refractivity contribution in [2.75, 3.05) is 10.8 Å². The predicted octanol–water partition coefficient (Wildman–Crippen LogP) is 6.15. The van der Waals surface area contributed by atoms with Gasteiger partial charge in [-0.3, -0.25) is 13.9 Å². The quantitative estimate of drug-likeness (QED) is 0.202. The number of hydrogen-bond donors (Lipinski definition) is 1. The van der Waals surface area contributed by atoms with Gasteiger partial charge in [-0.05, 0) is 62.2 Å². The van der Waals surface area contributed by atoms with Crippen LogP contribution < -0.4 is 9.62 Å². The predicted molar refractivity (Wildman–Crippen MR) is 171 cm³/mol. The van der Waals surface area contributed by atoms with E-state index in [1.807, 2.05) is 75.4 Å². The zero-order chi connectivity index (χ0) is 31.9. The van der Waals surface area contributed by atoms with Crippen LogP contribution >= 0.6 is 11.6 Å². The van der Waals surface area contributed by atoms with E-state index >= 15 is 0 Å². The van der Waals surface area contributed by atoms with Gasteiger partial charge in [0.2, 0.25) is 11.8 Å². The third-order valence-electron chi connectivity index (χ3n) is 6.98. The smallest absolute Gasteiger partial charge is 0.264 e. The minimum absolute atomic E-state index is 0.00938. The number of sulfonamides is 1. The van der Waals surface area contributed by atoms with E-state index in [9.17, 15) is 22.4 Å². The van der Waals surface area contributed by atoms with E-state index in [0.717, 1.165) is 27.1 Å². The average Bonchev–Trinajstić information content (AvgIpc) is 3.00. The molecule has 0 heterocycles. The second kappa shape index (κ2) is 14.5. The maximum Gasteiger partial charge on any atom is 0.264 e. The molecule has 10 heteroatoms. The van der Waals surface area contributed by atoms with Crippen molar-refractivity contribution < 1.29 is 22.4 Å². The first-order chi connectivity index (χ1) is 21.0. The van der Waals surface area contributed by atoms with Crippen LogP contribution in [0.25, 0.3) is 0 Å². The van der Waals surface area contributed by atoms with Crippen LogP contribution in [0.2, 0.25) is 5.02 Å². The number of benzene rings is 4. The van der Waals surface area contributed by atoms with E-state index < -0.39 is 34.3 Å². The fraction of sp³-hybridized carbons (Fsp3) is 0.235. The molecular formula is C34H35ClFN3O4S. The lowest BCUT2D eigenvalue weighted by atomic mass is 10.0. The minimum Gasteiger partial charge on any atom is -0.352 e. The first-order valence-corrected chi connectivity index (χ1v) is 16.0. The fourth-order valence-corrected chi connectivity index (χ4v) is 6.32. The molecular weight excluding hydrogens is 601 g/mol. The van der Waals surface area contributed by atoms with Crippen molar-refractivity contribution in [3.63, 3.8) is 0 Å². The summed E-state index contributed by atoms with van der Waals surface area (Å²) >= 11 is 6.06. The Morgan fingerprint density at radius 2 is 1.48 bits per heavy atom. The van der Waals surface area contributed by atoms with E-state index in [0.29, 0.717) is 0 Å². The van der Waals surface area contributed by atoms with E-state index in [4.69, 9.17) is 11.6 Å². The van der Waals surface area contributed by atoms with Crippen molar-refractivity contribution in [2.24, 2.45) is 0 Å². The Kier molecular flexibility index (Phi) is 10.8. The first kappa shape index (κ1) is 32.7. The van der Waals surface area contributed by atoms with E-state index in [2.05, 4.69) is 5.32 Å². The normalized spacial score (nSPS) is 12.0. The van der Waals surface area contributed by atoms with Crippen LogP contribution in [0.3, 0.4) is 0 Å². The van der Waals surface area contributed by atoms with Gasteiger partial charge in [-0.15, -0.1) is 0 Å². The molecule has 0 aliphatic rings. The maximum absolute atomic E-state index is 14.4. The van der Waals surface area contributed by atoms with Gasteiger partial charge < -0.3 is 10.2 Å². The van der Waals surface area contributed by atoms with Crippen molar-refractivity contribution >= 4 is 39.1 Å². The number of carbonyl (C=O) groups excluding carboxylic acids is 2. The molecule has 0 unspecified atom stereocenters. The highest BCUT2D eigenvalue weighted by Crippen LogP contribution is 2.28. The summed E-state index contributed by atoms with van der Waals surface area (Å²) in [6.45, 7) is 4.99. The molecule has 0 fully saturated rings. The van der Waals surface area contributed by atoms with Gasteiger partial charge >= 0.3 is 0 Å². The second-order valence-electron chi connectivity index (χ2n) is 10.8. The maximum atomic E-state index is 14.4. The van der Waals surface area contributed by atoms with Crippen molar-refractivity contribution in [1.29, 1.82) is 0 Å². The number of nitrogens with one attached hydrogen (secondary N) is 1. The van der Waals surface area contributed by atoms with Gasteiger partial charge in [-0.1, -0.05) is 90.0 Å². The van der Waals surface area contributed by atoms with Crippen LogP contribution in [0, 0.1) is 12.7 Å². The highest BCUT2D eigenvalue weighted by atomic mass is 35.5. The molecule has 0 saturated carbocycles. The number of nitrogens with zero attached hydrogens (tertiary/aromatic N) is 2. The number of halogens is 2. The highest BCUT2D eigenvalue weighted by molar-refractivity contribution is 7.92. The van der Waals surface area contributed by atoms with Crippen molar-refractivity contribution in [3.05, 3.63) is 131 Å². The lowest BCUT2D eigenvalue weighted by molar-refractivity contribution is -0.140. The first-order valence-electron chi connectivity index (χ1n) is 14.2. The van der Waals surface area contributed by atoms with Crippen LogP contribution in [0.5, 0.6) is 0 Å². The van der Waals surface area contributed by atoms with Gasteiger partial charge in [-0.25, -0.2) is 12.8 Å². The van der Waals surface area contributed by atoms with Crippen LogP contribution in [-0.4, -0.2) is 43.8 Å². The largest absolute Gasteiger partial charge is 0.352 e. The molecule has 7 nitrogen and oxygen atoms in total. The lowest BCUT2D eigenvalue weighted by Crippen LogP contribution is -2.54. The summed E-state index contributed by atoms with van der Waals surface area (Å²) in [4.78, 5) is 29.4. The van der Waals surface area contributed by atoms with E-state index in [-0.39, 0.29) is 40.5 Å². The third-order valence-corrected chi connectivity index (χ3v) is 9.05. The summed E-state index contributed by atoms with van der Waals surface area (Å²) in [7, 11) is -4.31. The summed E-state index contributed by atoms with van der Waals surface area (Å²) in [5.74, 6) is -1.72. The van der Waals surface area contributed by atoms with Gasteiger partial charge in [0.05, 0.1) is 15.6 Å². The Balaban J connectivity index is 1.81. The van der Waals surface area contributed by atoms with Gasteiger partial charge in [0, 0.05) is 19.0 Å². The molecule has 1 N–H and O–H groups in total. The van der Waals surface area contributed by atoms with E-state index in [1.54, 1.807) is 18.2 Å². The van der Waals surface area contributed by atoms with Gasteiger partial charge in [-0.2, -0.15) is 0 Å². The molecule has 1 atom stereocenters. The van der Waals surface area contributed by atoms with Gasteiger partial charge in [0.1, 0.15) is 18.4 Å². The molecule has 0 radical (unpaired) electrons.